The summed E-state index contributed by atoms with van der Waals surface area (Å²) in [6.07, 6.45) is 16.4. The van der Waals surface area contributed by atoms with Crippen molar-refractivity contribution in [2.75, 3.05) is 0 Å². The van der Waals surface area contributed by atoms with Gasteiger partial charge in [0, 0.05) is 6.08 Å². The van der Waals surface area contributed by atoms with E-state index < -0.39 is 5.91 Å². The van der Waals surface area contributed by atoms with Gasteiger partial charge in [0.25, 0.3) is 0 Å². The van der Waals surface area contributed by atoms with Crippen LogP contribution >= 0.6 is 0 Å². The molecule has 0 aromatic carbocycles. The first kappa shape index (κ1) is 9.26. The lowest BCUT2D eigenvalue weighted by Crippen LogP contribution is -2.05. The van der Waals surface area contributed by atoms with Gasteiger partial charge in [0.2, 0.25) is 5.91 Å². The molecular weight excluding hydrogens is 162 g/mol. The van der Waals surface area contributed by atoms with E-state index in [1.807, 2.05) is 42.5 Å². The average Bonchev–Trinajstić information content (AvgIpc) is 2.01. The molecule has 0 saturated heterocycles. The van der Waals surface area contributed by atoms with E-state index in [-0.39, 0.29) is 0 Å². The van der Waals surface area contributed by atoms with Crippen LogP contribution in [0.2, 0.25) is 0 Å². The summed E-state index contributed by atoms with van der Waals surface area (Å²) >= 11 is 0. The lowest BCUT2D eigenvalue weighted by atomic mass is 10.1. The summed E-state index contributed by atoms with van der Waals surface area (Å²) in [6, 6.07) is 0. The lowest BCUT2D eigenvalue weighted by molar-refractivity contribution is -0.113. The average molecular weight is 173 g/mol. The normalized spacial score (nSPS) is 15.5. The fraction of sp³-hybridized carbons (Fsp3) is 0. The molecule has 0 atom stereocenters. The van der Waals surface area contributed by atoms with Crippen LogP contribution in [-0.2, 0) is 4.79 Å². The van der Waals surface area contributed by atoms with E-state index in [4.69, 9.17) is 5.73 Å². The molecule has 0 saturated carbocycles. The van der Waals surface area contributed by atoms with Crippen LogP contribution in [0.3, 0.4) is 0 Å². The first-order valence-electron chi connectivity index (χ1n) is 3.98. The quantitative estimate of drug-likeness (QED) is 0.634. The molecule has 0 radical (unpaired) electrons. The molecule has 2 heteroatoms. The van der Waals surface area contributed by atoms with Crippen LogP contribution in [-0.4, -0.2) is 5.91 Å². The van der Waals surface area contributed by atoms with Gasteiger partial charge >= 0.3 is 0 Å². The third-order valence-corrected chi connectivity index (χ3v) is 1.46. The molecule has 1 aliphatic rings. The van der Waals surface area contributed by atoms with Gasteiger partial charge in [-0.1, -0.05) is 42.5 Å². The Hall–Kier alpha value is -1.83. The van der Waals surface area contributed by atoms with E-state index >= 15 is 0 Å². The zero-order chi connectivity index (χ0) is 9.52. The number of carbonyl (C=O) groups excluding carboxylic acids is 1. The Labute approximate surface area is 77.4 Å². The third-order valence-electron chi connectivity index (χ3n) is 1.46. The van der Waals surface area contributed by atoms with Gasteiger partial charge < -0.3 is 5.73 Å². The zero-order valence-electron chi connectivity index (χ0n) is 7.18. The van der Waals surface area contributed by atoms with Gasteiger partial charge in [0.15, 0.2) is 0 Å². The molecule has 0 bridgehead atoms. The Morgan fingerprint density at radius 2 is 1.85 bits per heavy atom. The molecule has 0 spiro atoms. The molecule has 0 aromatic rings. The van der Waals surface area contributed by atoms with Crippen molar-refractivity contribution in [3.63, 3.8) is 0 Å². The second-order valence-electron chi connectivity index (χ2n) is 2.53. The summed E-state index contributed by atoms with van der Waals surface area (Å²) in [5.41, 5.74) is 5.91. The van der Waals surface area contributed by atoms with Gasteiger partial charge in [0.1, 0.15) is 0 Å². The zero-order valence-corrected chi connectivity index (χ0v) is 7.18. The van der Waals surface area contributed by atoms with Crippen molar-refractivity contribution in [1.29, 1.82) is 0 Å². The van der Waals surface area contributed by atoms with Crippen molar-refractivity contribution in [1.82, 2.24) is 0 Å². The maximum absolute atomic E-state index is 10.4. The fourth-order valence-corrected chi connectivity index (χ4v) is 0.871. The van der Waals surface area contributed by atoms with E-state index in [1.54, 1.807) is 6.08 Å². The van der Waals surface area contributed by atoms with Crippen molar-refractivity contribution < 1.29 is 4.79 Å². The van der Waals surface area contributed by atoms with E-state index in [1.165, 1.54) is 6.08 Å². The number of hydrogen-bond donors (Lipinski definition) is 1. The molecule has 1 rings (SSSR count). The highest BCUT2D eigenvalue weighted by Crippen LogP contribution is 2.02. The largest absolute Gasteiger partial charge is 0.366 e. The summed E-state index contributed by atoms with van der Waals surface area (Å²) in [7, 11) is 0. The molecule has 0 aromatic heterocycles. The van der Waals surface area contributed by atoms with E-state index in [0.717, 1.165) is 5.57 Å². The summed E-state index contributed by atoms with van der Waals surface area (Å²) in [4.78, 5) is 10.4. The Balaban J connectivity index is 2.74. The SMILES string of the molecule is NC(=O)C=CC1=CC=CC=CC=C1. The predicted octanol–water partition coefficient (Wildman–Crippen LogP) is 1.64. The standard InChI is InChI=1S/C11H11NO/c12-11(13)9-8-10-6-4-2-1-3-5-7-10/h1-9H,(H2,12,13). The third kappa shape index (κ3) is 3.91. The number of amides is 1. The number of allylic oxidation sites excluding steroid dienone is 9. The molecular formula is C11H11NO. The maximum atomic E-state index is 10.4. The van der Waals surface area contributed by atoms with Crippen molar-refractivity contribution in [3.05, 3.63) is 60.3 Å². The molecule has 1 aliphatic carbocycles. The van der Waals surface area contributed by atoms with Crippen LogP contribution in [0.15, 0.2) is 60.3 Å². The van der Waals surface area contributed by atoms with Crippen molar-refractivity contribution >= 4 is 5.91 Å². The Bertz CT molecular complexity index is 330. The van der Waals surface area contributed by atoms with Crippen LogP contribution in [0.25, 0.3) is 0 Å². The molecule has 2 N–H and O–H groups in total. The van der Waals surface area contributed by atoms with E-state index in [2.05, 4.69) is 0 Å². The lowest BCUT2D eigenvalue weighted by Gasteiger charge is -1.92. The molecule has 0 aliphatic heterocycles. The van der Waals surface area contributed by atoms with Gasteiger partial charge in [-0.05, 0) is 11.6 Å². The molecule has 0 fully saturated rings. The Morgan fingerprint density at radius 3 is 2.62 bits per heavy atom. The summed E-state index contributed by atoms with van der Waals surface area (Å²) in [5, 5.41) is 0. The van der Waals surface area contributed by atoms with Crippen molar-refractivity contribution in [2.45, 2.75) is 0 Å². The number of primary amides is 1. The molecule has 1 amide bonds. The number of rotatable bonds is 2. The highest BCUT2D eigenvalue weighted by molar-refractivity contribution is 5.86. The second kappa shape index (κ2) is 4.93. The smallest absolute Gasteiger partial charge is 0.241 e. The summed E-state index contributed by atoms with van der Waals surface area (Å²) in [6.45, 7) is 0. The number of carbonyl (C=O) groups is 1. The highest BCUT2D eigenvalue weighted by atomic mass is 16.1. The van der Waals surface area contributed by atoms with Gasteiger partial charge in [0.05, 0.1) is 0 Å². The van der Waals surface area contributed by atoms with Crippen molar-refractivity contribution in [2.24, 2.45) is 5.73 Å². The number of nitrogens with two attached hydrogens (primary N) is 1. The van der Waals surface area contributed by atoms with Gasteiger partial charge in [-0.15, -0.1) is 0 Å². The molecule has 0 heterocycles. The minimum atomic E-state index is -0.434. The first-order chi connectivity index (χ1) is 6.29. The van der Waals surface area contributed by atoms with Crippen LogP contribution < -0.4 is 5.73 Å². The van der Waals surface area contributed by atoms with Crippen LogP contribution in [0.1, 0.15) is 0 Å². The van der Waals surface area contributed by atoms with Crippen molar-refractivity contribution in [3.8, 4) is 0 Å². The Kier molecular flexibility index (Phi) is 3.51. The minimum absolute atomic E-state index is 0.434. The number of hydrogen-bond acceptors (Lipinski definition) is 1. The van der Waals surface area contributed by atoms with Crippen LogP contribution in [0.5, 0.6) is 0 Å². The van der Waals surface area contributed by atoms with Crippen LogP contribution in [0.4, 0.5) is 0 Å². The van der Waals surface area contributed by atoms with E-state index in [9.17, 15) is 4.79 Å². The Morgan fingerprint density at radius 1 is 1.15 bits per heavy atom. The predicted molar refractivity (Wildman–Crippen MR) is 53.8 cm³/mol. The van der Waals surface area contributed by atoms with E-state index in [0.29, 0.717) is 0 Å². The maximum Gasteiger partial charge on any atom is 0.241 e. The molecule has 0 unspecified atom stereocenters. The fourth-order valence-electron chi connectivity index (χ4n) is 0.871. The molecule has 2 nitrogen and oxygen atoms in total. The van der Waals surface area contributed by atoms with Crippen LogP contribution in [0, 0.1) is 0 Å². The van der Waals surface area contributed by atoms with Gasteiger partial charge in [-0.2, -0.15) is 0 Å². The monoisotopic (exact) mass is 173 g/mol. The topological polar surface area (TPSA) is 43.1 Å². The highest BCUT2D eigenvalue weighted by Gasteiger charge is 1.86. The van der Waals surface area contributed by atoms with Gasteiger partial charge in [-0.25, -0.2) is 0 Å². The van der Waals surface area contributed by atoms with Gasteiger partial charge in [-0.3, -0.25) is 4.79 Å². The second-order valence-corrected chi connectivity index (χ2v) is 2.53. The minimum Gasteiger partial charge on any atom is -0.366 e. The summed E-state index contributed by atoms with van der Waals surface area (Å²) < 4.78 is 0. The molecule has 66 valence electrons. The first-order valence-corrected chi connectivity index (χ1v) is 3.98. The summed E-state index contributed by atoms with van der Waals surface area (Å²) in [5.74, 6) is -0.434. The molecule has 13 heavy (non-hydrogen) atoms.